The summed E-state index contributed by atoms with van der Waals surface area (Å²) in [7, 11) is 0. The standard InChI is InChI=1S/C56H38N8/c1-35-57-36(2)59-55(58-35)41-28-31-50-46(33-41)44-23-13-15-25-49(44)64(50)51-30-27-39(40-26-29-45-43-22-12-14-24-48(43)63(52(45)34-40)42-20-10-5-11-21-42)32-47(51)56-61-53(37-16-6-3-7-17-37)60-54(62-56)38-18-8-4-9-19-38/h3-34H,1-2H3. The summed E-state index contributed by atoms with van der Waals surface area (Å²) in [6, 6.07) is 68.0. The second-order valence-corrected chi connectivity index (χ2v) is 16.0. The second kappa shape index (κ2) is 15.1. The van der Waals surface area contributed by atoms with Gasteiger partial charge in [0.25, 0.3) is 0 Å². The molecule has 0 aliphatic carbocycles. The molecule has 0 aliphatic rings. The first-order valence-corrected chi connectivity index (χ1v) is 21.4. The number of para-hydroxylation sites is 3. The van der Waals surface area contributed by atoms with Crippen molar-refractivity contribution in [2.24, 2.45) is 0 Å². The zero-order valence-electron chi connectivity index (χ0n) is 35.1. The normalized spacial score (nSPS) is 11.6. The molecule has 0 bridgehead atoms. The lowest BCUT2D eigenvalue weighted by atomic mass is 9.99. The van der Waals surface area contributed by atoms with Gasteiger partial charge in [-0.2, -0.15) is 0 Å². The highest BCUT2D eigenvalue weighted by molar-refractivity contribution is 6.12. The van der Waals surface area contributed by atoms with Gasteiger partial charge in [-0.25, -0.2) is 29.9 Å². The van der Waals surface area contributed by atoms with Crippen LogP contribution in [0, 0.1) is 13.8 Å². The van der Waals surface area contributed by atoms with Crippen LogP contribution in [0.4, 0.5) is 0 Å². The second-order valence-electron chi connectivity index (χ2n) is 16.0. The molecule has 0 amide bonds. The Labute approximate surface area is 368 Å². The minimum atomic E-state index is 0.572. The lowest BCUT2D eigenvalue weighted by Crippen LogP contribution is -2.04. The molecule has 302 valence electrons. The summed E-state index contributed by atoms with van der Waals surface area (Å²) in [6.07, 6.45) is 0. The molecule has 0 saturated heterocycles. The van der Waals surface area contributed by atoms with Crippen molar-refractivity contribution < 1.29 is 0 Å². The Kier molecular flexibility index (Phi) is 8.76. The maximum atomic E-state index is 5.31. The van der Waals surface area contributed by atoms with Crippen molar-refractivity contribution >= 4 is 43.6 Å². The number of nitrogens with zero attached hydrogens (tertiary/aromatic N) is 8. The highest BCUT2D eigenvalue weighted by atomic mass is 15.1. The van der Waals surface area contributed by atoms with Crippen LogP contribution in [0.15, 0.2) is 194 Å². The van der Waals surface area contributed by atoms with E-state index in [1.54, 1.807) is 0 Å². The van der Waals surface area contributed by atoms with Crippen molar-refractivity contribution in [3.05, 3.63) is 206 Å². The monoisotopic (exact) mass is 822 g/mol. The fourth-order valence-corrected chi connectivity index (χ4v) is 9.14. The van der Waals surface area contributed by atoms with Crippen LogP contribution in [-0.4, -0.2) is 39.0 Å². The number of hydrogen-bond donors (Lipinski definition) is 0. The third kappa shape index (κ3) is 6.31. The molecule has 12 aromatic rings. The molecule has 4 aromatic heterocycles. The number of hydrogen-bond acceptors (Lipinski definition) is 6. The van der Waals surface area contributed by atoms with Gasteiger partial charge in [-0.15, -0.1) is 0 Å². The summed E-state index contributed by atoms with van der Waals surface area (Å²) in [6.45, 7) is 3.81. The first kappa shape index (κ1) is 37.2. The zero-order valence-corrected chi connectivity index (χ0v) is 35.1. The lowest BCUT2D eigenvalue weighted by Gasteiger charge is -2.16. The van der Waals surface area contributed by atoms with Crippen molar-refractivity contribution in [3.8, 4) is 68.1 Å². The highest BCUT2D eigenvalue weighted by Crippen LogP contribution is 2.41. The molecule has 4 heterocycles. The van der Waals surface area contributed by atoms with Crippen LogP contribution in [0.3, 0.4) is 0 Å². The van der Waals surface area contributed by atoms with Crippen LogP contribution in [0.1, 0.15) is 11.6 Å². The van der Waals surface area contributed by atoms with Crippen LogP contribution in [-0.2, 0) is 0 Å². The Balaban J connectivity index is 1.13. The predicted molar refractivity (Wildman–Crippen MR) is 259 cm³/mol. The van der Waals surface area contributed by atoms with Gasteiger partial charge in [0.1, 0.15) is 11.6 Å². The minimum Gasteiger partial charge on any atom is -0.309 e. The van der Waals surface area contributed by atoms with E-state index in [-0.39, 0.29) is 0 Å². The van der Waals surface area contributed by atoms with E-state index in [1.165, 1.54) is 16.3 Å². The van der Waals surface area contributed by atoms with Crippen molar-refractivity contribution in [3.63, 3.8) is 0 Å². The largest absolute Gasteiger partial charge is 0.309 e. The molecule has 0 radical (unpaired) electrons. The third-order valence-electron chi connectivity index (χ3n) is 12.0. The number of aryl methyl sites for hydroxylation is 2. The van der Waals surface area contributed by atoms with Crippen molar-refractivity contribution in [2.75, 3.05) is 0 Å². The average molecular weight is 823 g/mol. The van der Waals surface area contributed by atoms with E-state index in [0.717, 1.165) is 72.1 Å². The van der Waals surface area contributed by atoms with Gasteiger partial charge < -0.3 is 9.13 Å². The van der Waals surface area contributed by atoms with Crippen LogP contribution in [0.2, 0.25) is 0 Å². The van der Waals surface area contributed by atoms with Crippen molar-refractivity contribution in [1.29, 1.82) is 0 Å². The quantitative estimate of drug-likeness (QED) is 0.159. The molecule has 0 fully saturated rings. The van der Waals surface area contributed by atoms with E-state index in [9.17, 15) is 0 Å². The van der Waals surface area contributed by atoms with E-state index in [4.69, 9.17) is 24.9 Å². The van der Waals surface area contributed by atoms with Gasteiger partial charge in [-0.1, -0.05) is 133 Å². The number of aromatic nitrogens is 8. The van der Waals surface area contributed by atoms with E-state index in [0.29, 0.717) is 34.9 Å². The maximum Gasteiger partial charge on any atom is 0.166 e. The van der Waals surface area contributed by atoms with E-state index >= 15 is 0 Å². The fraction of sp³-hybridized carbons (Fsp3) is 0.0357. The number of fused-ring (bicyclic) bond motifs is 6. The maximum absolute atomic E-state index is 5.31. The van der Waals surface area contributed by atoms with E-state index in [1.807, 2.05) is 74.5 Å². The molecule has 0 atom stereocenters. The average Bonchev–Trinajstić information content (AvgIpc) is 3.86. The molecule has 0 unspecified atom stereocenters. The fourth-order valence-electron chi connectivity index (χ4n) is 9.14. The lowest BCUT2D eigenvalue weighted by molar-refractivity contribution is 0.929. The van der Waals surface area contributed by atoms with Crippen LogP contribution >= 0.6 is 0 Å². The first-order chi connectivity index (χ1) is 31.5. The Morgan fingerprint density at radius 2 is 0.781 bits per heavy atom. The molecular weight excluding hydrogens is 785 g/mol. The van der Waals surface area contributed by atoms with Crippen LogP contribution < -0.4 is 0 Å². The third-order valence-corrected chi connectivity index (χ3v) is 12.0. The number of benzene rings is 8. The molecule has 8 nitrogen and oxygen atoms in total. The molecule has 8 aromatic carbocycles. The van der Waals surface area contributed by atoms with E-state index < -0.39 is 0 Å². The minimum absolute atomic E-state index is 0.572. The van der Waals surface area contributed by atoms with Gasteiger partial charge in [-0.3, -0.25) is 0 Å². The molecule has 0 aliphatic heterocycles. The van der Waals surface area contributed by atoms with Crippen molar-refractivity contribution in [2.45, 2.75) is 13.8 Å². The smallest absolute Gasteiger partial charge is 0.166 e. The van der Waals surface area contributed by atoms with Crippen LogP contribution in [0.5, 0.6) is 0 Å². The Bertz CT molecular complexity index is 3670. The summed E-state index contributed by atoms with van der Waals surface area (Å²) in [5.74, 6) is 3.82. The molecule has 0 N–H and O–H groups in total. The number of rotatable bonds is 7. The van der Waals surface area contributed by atoms with Gasteiger partial charge in [0.05, 0.1) is 27.8 Å². The summed E-state index contributed by atoms with van der Waals surface area (Å²) in [4.78, 5) is 29.5. The zero-order chi connectivity index (χ0) is 42.7. The Morgan fingerprint density at radius 3 is 1.45 bits per heavy atom. The summed E-state index contributed by atoms with van der Waals surface area (Å²) >= 11 is 0. The predicted octanol–water partition coefficient (Wildman–Crippen LogP) is 13.2. The van der Waals surface area contributed by atoms with Gasteiger partial charge in [0.15, 0.2) is 23.3 Å². The topological polar surface area (TPSA) is 87.2 Å². The first-order valence-electron chi connectivity index (χ1n) is 21.4. The molecule has 64 heavy (non-hydrogen) atoms. The SMILES string of the molecule is Cc1nc(C)nc(-c2ccc3c(c2)c2ccccc2n3-c2ccc(-c3ccc4c5ccccc5n(-c5ccccc5)c4c3)cc2-c2nc(-c3ccccc3)nc(-c3ccccc3)n2)n1. The Hall–Kier alpha value is -8.62. The summed E-state index contributed by atoms with van der Waals surface area (Å²) in [5.41, 5.74) is 12.2. The van der Waals surface area contributed by atoms with Crippen LogP contribution in [0.25, 0.3) is 112 Å². The molecule has 8 heteroatoms. The molecular formula is C56H38N8. The summed E-state index contributed by atoms with van der Waals surface area (Å²) in [5, 5.41) is 4.61. The molecule has 12 rings (SSSR count). The van der Waals surface area contributed by atoms with Crippen molar-refractivity contribution in [1.82, 2.24) is 39.0 Å². The van der Waals surface area contributed by atoms with E-state index in [2.05, 4.69) is 148 Å². The van der Waals surface area contributed by atoms with Gasteiger partial charge in [0.2, 0.25) is 0 Å². The van der Waals surface area contributed by atoms with Gasteiger partial charge in [0, 0.05) is 49.5 Å². The molecule has 0 spiro atoms. The Morgan fingerprint density at radius 1 is 0.297 bits per heavy atom. The summed E-state index contributed by atoms with van der Waals surface area (Å²) < 4.78 is 4.70. The van der Waals surface area contributed by atoms with Gasteiger partial charge >= 0.3 is 0 Å². The molecule has 0 saturated carbocycles. The van der Waals surface area contributed by atoms with Gasteiger partial charge in [-0.05, 0) is 85.6 Å². The highest BCUT2D eigenvalue weighted by Gasteiger charge is 2.22.